The quantitative estimate of drug-likeness (QED) is 0.222. The summed E-state index contributed by atoms with van der Waals surface area (Å²) >= 11 is 0. The number of amides is 4. The van der Waals surface area contributed by atoms with E-state index in [-0.39, 0.29) is 73.6 Å². The second-order valence-corrected chi connectivity index (χ2v) is 13.3. The van der Waals surface area contributed by atoms with Crippen LogP contribution in [0.5, 0.6) is 5.75 Å². The van der Waals surface area contributed by atoms with E-state index in [4.69, 9.17) is 18.9 Å². The lowest BCUT2D eigenvalue weighted by Crippen LogP contribution is -2.59. The van der Waals surface area contributed by atoms with Gasteiger partial charge < -0.3 is 43.9 Å². The average Bonchev–Trinajstić information content (AvgIpc) is 3.44. The third-order valence-electron chi connectivity index (χ3n) is 9.78. The Kier molecular flexibility index (Phi) is 14.0. The van der Waals surface area contributed by atoms with Crippen molar-refractivity contribution in [3.63, 3.8) is 0 Å². The first-order valence-corrected chi connectivity index (χ1v) is 18.2. The lowest BCUT2D eigenvalue weighted by atomic mass is 9.83. The van der Waals surface area contributed by atoms with Gasteiger partial charge in [0.2, 0.25) is 5.91 Å². The maximum Gasteiger partial charge on any atom is 0.407 e. The molecule has 1 aliphatic heterocycles. The minimum absolute atomic E-state index is 0.0421. The van der Waals surface area contributed by atoms with Gasteiger partial charge in [0.05, 0.1) is 31.9 Å². The zero-order valence-electron chi connectivity index (χ0n) is 30.5. The van der Waals surface area contributed by atoms with E-state index in [1.54, 1.807) is 16.8 Å². The molecule has 3 aromatic rings. The fraction of sp³-hybridized carbons (Fsp3) is 0.526. The summed E-state index contributed by atoms with van der Waals surface area (Å²) in [5.41, 5.74) is 1.45. The molecule has 1 aliphatic carbocycles. The normalized spacial score (nSPS) is 16.2. The predicted molar refractivity (Wildman–Crippen MR) is 191 cm³/mol. The molecular formula is C38H49F2N5O8. The van der Waals surface area contributed by atoms with Gasteiger partial charge in [0.25, 0.3) is 11.8 Å². The Morgan fingerprint density at radius 2 is 1.51 bits per heavy atom. The number of aryl methyl sites for hydroxylation is 1. The summed E-state index contributed by atoms with van der Waals surface area (Å²) in [6.07, 6.45) is 2.63. The van der Waals surface area contributed by atoms with Crippen LogP contribution in [0.25, 0.3) is 10.9 Å². The Morgan fingerprint density at radius 1 is 0.868 bits per heavy atom. The van der Waals surface area contributed by atoms with Gasteiger partial charge in [0.1, 0.15) is 12.6 Å². The van der Waals surface area contributed by atoms with Crippen LogP contribution in [0, 0.1) is 17.6 Å². The highest BCUT2D eigenvalue weighted by Crippen LogP contribution is 2.35. The number of carbonyl (C=O) groups excluding carboxylic acids is 4. The van der Waals surface area contributed by atoms with Gasteiger partial charge in [-0.05, 0) is 37.3 Å². The molecule has 288 valence electrons. The van der Waals surface area contributed by atoms with Gasteiger partial charge in [-0.3, -0.25) is 14.4 Å². The summed E-state index contributed by atoms with van der Waals surface area (Å²) in [5, 5.41) is 5.40. The molecule has 1 aromatic heterocycles. The van der Waals surface area contributed by atoms with Gasteiger partial charge in [-0.2, -0.15) is 0 Å². The number of nitrogens with zero attached hydrogens (tertiary/aromatic N) is 3. The number of ether oxygens (including phenoxy) is 4. The summed E-state index contributed by atoms with van der Waals surface area (Å²) in [7, 11) is 2.98. The molecule has 1 saturated carbocycles. The first kappa shape index (κ1) is 39.4. The van der Waals surface area contributed by atoms with E-state index in [2.05, 4.69) is 10.6 Å². The largest absolute Gasteiger partial charge is 0.488 e. The smallest absolute Gasteiger partial charge is 0.407 e. The molecule has 0 spiro atoms. The molecule has 2 atom stereocenters. The van der Waals surface area contributed by atoms with Crippen molar-refractivity contribution in [1.82, 2.24) is 25.0 Å². The number of halogens is 2. The van der Waals surface area contributed by atoms with Crippen molar-refractivity contribution < 1.29 is 46.9 Å². The fourth-order valence-electron chi connectivity index (χ4n) is 6.84. The molecule has 2 heterocycles. The van der Waals surface area contributed by atoms with Crippen LogP contribution in [0.3, 0.4) is 0 Å². The highest BCUT2D eigenvalue weighted by molar-refractivity contribution is 6.04. The van der Waals surface area contributed by atoms with E-state index in [9.17, 15) is 28.0 Å². The van der Waals surface area contributed by atoms with Crippen molar-refractivity contribution in [2.45, 2.75) is 57.8 Å². The van der Waals surface area contributed by atoms with Gasteiger partial charge in [0.15, 0.2) is 29.2 Å². The van der Waals surface area contributed by atoms with Gasteiger partial charge >= 0.3 is 6.09 Å². The van der Waals surface area contributed by atoms with E-state index < -0.39 is 41.7 Å². The molecule has 0 bridgehead atoms. The average molecular weight is 742 g/mol. The van der Waals surface area contributed by atoms with E-state index in [1.807, 2.05) is 30.3 Å². The summed E-state index contributed by atoms with van der Waals surface area (Å²) in [6, 6.07) is 11.0. The van der Waals surface area contributed by atoms with Crippen molar-refractivity contribution in [1.29, 1.82) is 0 Å². The fourth-order valence-corrected chi connectivity index (χ4v) is 6.84. The van der Waals surface area contributed by atoms with Crippen molar-refractivity contribution >= 4 is 34.7 Å². The molecule has 2 unspecified atom stereocenters. The topological polar surface area (TPSA) is 141 Å². The Balaban J connectivity index is 1.22. The molecule has 2 aromatic carbocycles. The summed E-state index contributed by atoms with van der Waals surface area (Å²) in [4.78, 5) is 55.9. The standard InChI is InChI=1S/C38H49F2N5O8/c1-25(53-38(49)41-2)35(46)42-32(27-12-8-5-9-13-27)36(47)44-14-16-45(17-15-44)37(48)33-34(28-22-29(39)30(40)23-31(28)43(33)3)52-21-20-50-18-19-51-24-26-10-6-4-7-11-26/h4,6-7,10-11,22-23,25,27,32H,5,8-9,12-21,24H2,1-3H3,(H,41,49)(H,42,46). The third-order valence-corrected chi connectivity index (χ3v) is 9.78. The highest BCUT2D eigenvalue weighted by atomic mass is 19.2. The second kappa shape index (κ2) is 18.8. The summed E-state index contributed by atoms with van der Waals surface area (Å²) in [5.74, 6) is -3.32. The number of carbonyl (C=O) groups is 4. The second-order valence-electron chi connectivity index (χ2n) is 13.3. The Bertz CT molecular complexity index is 1720. The Labute approximate surface area is 307 Å². The van der Waals surface area contributed by atoms with Crippen LogP contribution in [0.4, 0.5) is 13.6 Å². The molecular weight excluding hydrogens is 692 g/mol. The number of benzene rings is 2. The monoisotopic (exact) mass is 741 g/mol. The Morgan fingerprint density at radius 3 is 2.21 bits per heavy atom. The molecule has 2 fully saturated rings. The maximum absolute atomic E-state index is 14.5. The van der Waals surface area contributed by atoms with Crippen molar-refractivity contribution in [3.05, 3.63) is 65.4 Å². The minimum Gasteiger partial charge on any atom is -0.488 e. The molecule has 0 radical (unpaired) electrons. The Hall–Kier alpha value is -4.76. The lowest BCUT2D eigenvalue weighted by Gasteiger charge is -2.39. The van der Waals surface area contributed by atoms with Crippen LogP contribution in [0.1, 0.15) is 55.1 Å². The van der Waals surface area contributed by atoms with E-state index >= 15 is 0 Å². The van der Waals surface area contributed by atoms with E-state index in [1.165, 1.54) is 18.5 Å². The number of piperazine rings is 1. The molecule has 53 heavy (non-hydrogen) atoms. The van der Waals surface area contributed by atoms with E-state index in [0.717, 1.165) is 49.8 Å². The molecule has 2 aliphatic rings. The molecule has 15 heteroatoms. The third kappa shape index (κ3) is 10.0. The number of rotatable bonds is 15. The van der Waals surface area contributed by atoms with Gasteiger partial charge in [-0.25, -0.2) is 13.6 Å². The molecule has 4 amide bonds. The highest BCUT2D eigenvalue weighted by Gasteiger charge is 2.37. The summed E-state index contributed by atoms with van der Waals surface area (Å²) in [6.45, 7) is 3.57. The summed E-state index contributed by atoms with van der Waals surface area (Å²) < 4.78 is 52.7. The van der Waals surface area contributed by atoms with Crippen LogP contribution in [0.2, 0.25) is 0 Å². The predicted octanol–water partition coefficient (Wildman–Crippen LogP) is 4.16. The lowest BCUT2D eigenvalue weighted by molar-refractivity contribution is -0.141. The van der Waals surface area contributed by atoms with Gasteiger partial charge in [-0.1, -0.05) is 49.6 Å². The zero-order chi connectivity index (χ0) is 37.9. The van der Waals surface area contributed by atoms with Crippen LogP contribution in [-0.2, 0) is 37.5 Å². The van der Waals surface area contributed by atoms with Gasteiger partial charge in [-0.15, -0.1) is 0 Å². The first-order chi connectivity index (χ1) is 25.6. The zero-order valence-corrected chi connectivity index (χ0v) is 30.5. The van der Waals surface area contributed by atoms with Crippen molar-refractivity contribution in [2.24, 2.45) is 13.0 Å². The number of fused-ring (bicyclic) bond motifs is 1. The number of alkyl carbamates (subject to hydrolysis) is 1. The molecule has 2 N–H and O–H groups in total. The van der Waals surface area contributed by atoms with E-state index in [0.29, 0.717) is 19.8 Å². The minimum atomic E-state index is -1.10. The number of aromatic nitrogens is 1. The SMILES string of the molecule is CNC(=O)OC(C)C(=O)NC(C(=O)N1CCN(C(=O)c2c(OCCOCCOCc3ccccc3)c3cc(F)c(F)cc3n2C)CC1)C1CCCCC1. The maximum atomic E-state index is 14.5. The van der Waals surface area contributed by atoms with Crippen LogP contribution in [0.15, 0.2) is 42.5 Å². The number of hydrogen-bond donors (Lipinski definition) is 2. The van der Waals surface area contributed by atoms with Crippen molar-refractivity contribution in [2.75, 3.05) is 59.7 Å². The molecule has 13 nitrogen and oxygen atoms in total. The van der Waals surface area contributed by atoms with Crippen LogP contribution >= 0.6 is 0 Å². The number of hydrogen-bond acceptors (Lipinski definition) is 8. The first-order valence-electron chi connectivity index (χ1n) is 18.2. The van der Waals surface area contributed by atoms with Crippen molar-refractivity contribution in [3.8, 4) is 5.75 Å². The van der Waals surface area contributed by atoms with Gasteiger partial charge in [0, 0.05) is 51.7 Å². The number of nitrogens with one attached hydrogen (secondary N) is 2. The molecule has 1 saturated heterocycles. The van der Waals surface area contributed by atoms with Crippen LogP contribution in [-0.4, -0.2) is 110 Å². The van der Waals surface area contributed by atoms with Crippen LogP contribution < -0.4 is 15.4 Å². The molecule has 5 rings (SSSR count).